The minimum absolute atomic E-state index is 0.0921. The highest BCUT2D eigenvalue weighted by Gasteiger charge is 2.32. The van der Waals surface area contributed by atoms with Crippen molar-refractivity contribution in [3.63, 3.8) is 0 Å². The van der Waals surface area contributed by atoms with E-state index >= 15 is 0 Å². The number of hydrogen-bond donors (Lipinski definition) is 0. The van der Waals surface area contributed by atoms with E-state index in [1.54, 1.807) is 23.1 Å². The van der Waals surface area contributed by atoms with E-state index in [1.165, 1.54) is 0 Å². The minimum atomic E-state index is -0.0921. The van der Waals surface area contributed by atoms with E-state index in [0.717, 1.165) is 34.4 Å². The number of anilines is 1. The monoisotopic (exact) mass is 348 g/mol. The fourth-order valence-electron chi connectivity index (χ4n) is 2.84. The molecule has 1 aliphatic rings. The molecule has 1 saturated heterocycles. The van der Waals surface area contributed by atoms with Gasteiger partial charge in [-0.15, -0.1) is 10.2 Å². The summed E-state index contributed by atoms with van der Waals surface area (Å²) in [6.07, 6.45) is 3.91. The van der Waals surface area contributed by atoms with Gasteiger partial charge in [-0.3, -0.25) is 9.69 Å². The molecule has 0 aliphatic carbocycles. The Kier molecular flexibility index (Phi) is 5.30. The SMILES string of the molecule is CSc1nnc(CN(C)C2CCCN(c3ccccc3)C2=O)s1. The molecule has 0 radical (unpaired) electrons. The molecule has 2 aromatic rings. The van der Waals surface area contributed by atoms with Gasteiger partial charge in [0.25, 0.3) is 0 Å². The van der Waals surface area contributed by atoms with Gasteiger partial charge in [-0.05, 0) is 38.3 Å². The van der Waals surface area contributed by atoms with Crippen LogP contribution in [-0.4, -0.2) is 46.9 Å². The van der Waals surface area contributed by atoms with E-state index < -0.39 is 0 Å². The maximum Gasteiger partial charge on any atom is 0.244 e. The van der Waals surface area contributed by atoms with Gasteiger partial charge >= 0.3 is 0 Å². The molecule has 2 heterocycles. The third kappa shape index (κ3) is 3.73. The summed E-state index contributed by atoms with van der Waals surface area (Å²) >= 11 is 3.20. The van der Waals surface area contributed by atoms with Crippen molar-refractivity contribution in [2.24, 2.45) is 0 Å². The summed E-state index contributed by atoms with van der Waals surface area (Å²) in [4.78, 5) is 16.9. The van der Waals surface area contributed by atoms with Crippen LogP contribution >= 0.6 is 23.1 Å². The topological polar surface area (TPSA) is 49.3 Å². The molecule has 0 bridgehead atoms. The highest BCUT2D eigenvalue weighted by atomic mass is 32.2. The average Bonchev–Trinajstić information content (AvgIpc) is 3.03. The Morgan fingerprint density at radius 2 is 2.13 bits per heavy atom. The van der Waals surface area contributed by atoms with E-state index in [0.29, 0.717) is 6.54 Å². The Morgan fingerprint density at radius 1 is 1.35 bits per heavy atom. The van der Waals surface area contributed by atoms with Gasteiger partial charge in [0.1, 0.15) is 5.01 Å². The maximum atomic E-state index is 12.9. The van der Waals surface area contributed by atoms with E-state index in [-0.39, 0.29) is 11.9 Å². The summed E-state index contributed by atoms with van der Waals surface area (Å²) < 4.78 is 0.967. The van der Waals surface area contributed by atoms with Crippen LogP contribution in [0.25, 0.3) is 0 Å². The highest BCUT2D eigenvalue weighted by Crippen LogP contribution is 2.25. The number of nitrogens with zero attached hydrogens (tertiary/aromatic N) is 4. The van der Waals surface area contributed by atoms with Crippen LogP contribution < -0.4 is 4.90 Å². The first kappa shape index (κ1) is 16.4. The van der Waals surface area contributed by atoms with Crippen LogP contribution in [0.5, 0.6) is 0 Å². The maximum absolute atomic E-state index is 12.9. The van der Waals surface area contributed by atoms with Gasteiger partial charge in [0.15, 0.2) is 4.34 Å². The van der Waals surface area contributed by atoms with Crippen molar-refractivity contribution in [1.82, 2.24) is 15.1 Å². The van der Waals surface area contributed by atoms with Crippen molar-refractivity contribution in [2.45, 2.75) is 29.8 Å². The van der Waals surface area contributed by atoms with Gasteiger partial charge in [0.05, 0.1) is 12.6 Å². The highest BCUT2D eigenvalue weighted by molar-refractivity contribution is 8.00. The summed E-state index contributed by atoms with van der Waals surface area (Å²) in [5, 5.41) is 9.29. The molecule has 1 aromatic carbocycles. The quantitative estimate of drug-likeness (QED) is 0.778. The first-order chi connectivity index (χ1) is 11.2. The van der Waals surface area contributed by atoms with Crippen LogP contribution in [0.3, 0.4) is 0 Å². The Hall–Kier alpha value is -1.44. The number of hydrogen-bond acceptors (Lipinski definition) is 6. The molecule has 23 heavy (non-hydrogen) atoms. The number of carbonyl (C=O) groups excluding carboxylic acids is 1. The molecule has 122 valence electrons. The minimum Gasteiger partial charge on any atom is -0.311 e. The second-order valence-electron chi connectivity index (χ2n) is 5.56. The Bertz CT molecular complexity index is 661. The Morgan fingerprint density at radius 3 is 2.83 bits per heavy atom. The van der Waals surface area contributed by atoms with Gasteiger partial charge in [-0.25, -0.2) is 0 Å². The van der Waals surface area contributed by atoms with Gasteiger partial charge in [0, 0.05) is 12.2 Å². The van der Waals surface area contributed by atoms with E-state index in [1.807, 2.05) is 48.5 Å². The van der Waals surface area contributed by atoms with Crippen molar-refractivity contribution in [3.05, 3.63) is 35.3 Å². The third-order valence-corrected chi connectivity index (χ3v) is 5.90. The van der Waals surface area contributed by atoms with Crippen LogP contribution in [-0.2, 0) is 11.3 Å². The van der Waals surface area contributed by atoms with Gasteiger partial charge in [-0.2, -0.15) is 0 Å². The van der Waals surface area contributed by atoms with Crippen molar-refractivity contribution >= 4 is 34.7 Å². The van der Waals surface area contributed by atoms with Gasteiger partial charge in [0.2, 0.25) is 5.91 Å². The van der Waals surface area contributed by atoms with Crippen LogP contribution in [0.2, 0.25) is 0 Å². The standard InChI is InChI=1S/C16H20N4OS2/c1-19(11-14-17-18-16(22-2)23-14)13-9-6-10-20(15(13)21)12-7-4-3-5-8-12/h3-5,7-8,13H,6,9-11H2,1-2H3. The number of para-hydroxylation sites is 1. The fourth-order valence-corrected chi connectivity index (χ4v) is 4.22. The van der Waals surface area contributed by atoms with Crippen LogP contribution in [0, 0.1) is 0 Å². The molecule has 0 spiro atoms. The van der Waals surface area contributed by atoms with Crippen molar-refractivity contribution < 1.29 is 4.79 Å². The molecule has 3 rings (SSSR count). The smallest absolute Gasteiger partial charge is 0.244 e. The van der Waals surface area contributed by atoms with Crippen molar-refractivity contribution in [2.75, 3.05) is 24.7 Å². The number of amides is 1. The zero-order valence-corrected chi connectivity index (χ0v) is 14.9. The fraction of sp³-hybridized carbons (Fsp3) is 0.438. The molecule has 1 amide bonds. The molecular weight excluding hydrogens is 328 g/mol. The molecule has 1 aliphatic heterocycles. The third-order valence-electron chi connectivity index (χ3n) is 4.02. The predicted molar refractivity (Wildman–Crippen MR) is 95.0 cm³/mol. The number of carbonyl (C=O) groups is 1. The molecular formula is C16H20N4OS2. The molecule has 0 N–H and O–H groups in total. The number of piperidine rings is 1. The second kappa shape index (κ2) is 7.42. The molecule has 1 fully saturated rings. The van der Waals surface area contributed by atoms with Crippen LogP contribution in [0.4, 0.5) is 5.69 Å². The Labute approximate surface area is 144 Å². The van der Waals surface area contributed by atoms with Crippen LogP contribution in [0.15, 0.2) is 34.7 Å². The number of rotatable bonds is 5. The summed E-state index contributed by atoms with van der Waals surface area (Å²) in [7, 11) is 2.00. The molecule has 1 atom stereocenters. The summed E-state index contributed by atoms with van der Waals surface area (Å²) in [5.41, 5.74) is 0.983. The Balaban J connectivity index is 1.70. The molecule has 7 heteroatoms. The average molecular weight is 348 g/mol. The second-order valence-corrected chi connectivity index (χ2v) is 7.68. The van der Waals surface area contributed by atoms with E-state index in [9.17, 15) is 4.79 Å². The number of benzene rings is 1. The zero-order valence-electron chi connectivity index (χ0n) is 13.3. The van der Waals surface area contributed by atoms with Crippen LogP contribution in [0.1, 0.15) is 17.8 Å². The summed E-state index contributed by atoms with van der Waals surface area (Å²) in [6.45, 7) is 1.46. The normalized spacial score (nSPS) is 18.7. The molecule has 5 nitrogen and oxygen atoms in total. The molecule has 1 aromatic heterocycles. The van der Waals surface area contributed by atoms with Crippen molar-refractivity contribution in [1.29, 1.82) is 0 Å². The summed E-state index contributed by atoms with van der Waals surface area (Å²) in [5.74, 6) is 0.180. The largest absolute Gasteiger partial charge is 0.311 e. The first-order valence-corrected chi connectivity index (χ1v) is 9.66. The van der Waals surface area contributed by atoms with Gasteiger partial charge < -0.3 is 4.90 Å². The van der Waals surface area contributed by atoms with E-state index in [4.69, 9.17) is 0 Å². The lowest BCUT2D eigenvalue weighted by Gasteiger charge is -2.36. The lowest BCUT2D eigenvalue weighted by Crippen LogP contribution is -2.51. The lowest BCUT2D eigenvalue weighted by molar-refractivity contribution is -0.125. The zero-order chi connectivity index (χ0) is 16.2. The lowest BCUT2D eigenvalue weighted by atomic mass is 10.0. The van der Waals surface area contributed by atoms with Gasteiger partial charge in [-0.1, -0.05) is 41.3 Å². The van der Waals surface area contributed by atoms with E-state index in [2.05, 4.69) is 15.1 Å². The first-order valence-electron chi connectivity index (χ1n) is 7.62. The summed E-state index contributed by atoms with van der Waals surface area (Å²) in [6, 6.07) is 9.82. The van der Waals surface area contributed by atoms with Crippen molar-refractivity contribution in [3.8, 4) is 0 Å². The predicted octanol–water partition coefficient (Wildman–Crippen LogP) is 2.89. The number of thioether (sulfide) groups is 1. The number of likely N-dealkylation sites (N-methyl/N-ethyl adjacent to an activating group) is 1. The molecule has 1 unspecified atom stereocenters. The number of aromatic nitrogens is 2. The molecule has 0 saturated carbocycles.